The molecule has 150 valence electrons. The summed E-state index contributed by atoms with van der Waals surface area (Å²) in [6.07, 6.45) is 2.00. The van der Waals surface area contributed by atoms with Gasteiger partial charge in [0.15, 0.2) is 0 Å². The standard InChI is InChI=1S/C25H31IO2/c1-22(2,3)18-8-14-16(10-20(18)27)25(12-23(14,4)5)13-24(6,7)15-9-19(26)21(28)11-17(15)25/h8-11,27-28H,12-13H2,1-7H3. The van der Waals surface area contributed by atoms with Gasteiger partial charge in [-0.05, 0) is 97.7 Å². The second kappa shape index (κ2) is 5.68. The van der Waals surface area contributed by atoms with Crippen LogP contribution >= 0.6 is 22.6 Å². The van der Waals surface area contributed by atoms with E-state index in [1.54, 1.807) is 0 Å². The van der Waals surface area contributed by atoms with E-state index in [9.17, 15) is 10.2 Å². The van der Waals surface area contributed by atoms with Gasteiger partial charge < -0.3 is 10.2 Å². The Bertz CT molecular complexity index is 995. The first-order valence-corrected chi connectivity index (χ1v) is 11.2. The highest BCUT2D eigenvalue weighted by molar-refractivity contribution is 14.1. The molecule has 2 aromatic rings. The van der Waals surface area contributed by atoms with E-state index in [0.717, 1.165) is 22.0 Å². The van der Waals surface area contributed by atoms with Gasteiger partial charge in [-0.25, -0.2) is 0 Å². The lowest BCUT2D eigenvalue weighted by Gasteiger charge is -2.31. The molecule has 0 saturated heterocycles. The predicted molar refractivity (Wildman–Crippen MR) is 124 cm³/mol. The Morgan fingerprint density at radius 3 is 1.71 bits per heavy atom. The maximum Gasteiger partial charge on any atom is 0.129 e. The molecule has 0 bridgehead atoms. The SMILES string of the molecule is CC(C)(C)c1cc2c(cc1O)C1(CC(C)(C)c3cc(I)c(O)cc31)CC2(C)C. The molecule has 4 rings (SSSR count). The molecule has 1 unspecified atom stereocenters. The van der Waals surface area contributed by atoms with Crippen molar-refractivity contribution in [3.05, 3.63) is 55.7 Å². The summed E-state index contributed by atoms with van der Waals surface area (Å²) in [6, 6.07) is 8.43. The fourth-order valence-electron chi connectivity index (χ4n) is 5.95. The number of aromatic hydroxyl groups is 2. The third kappa shape index (κ3) is 2.64. The lowest BCUT2D eigenvalue weighted by Crippen LogP contribution is -2.26. The van der Waals surface area contributed by atoms with Crippen molar-refractivity contribution in [3.63, 3.8) is 0 Å². The van der Waals surface area contributed by atoms with Gasteiger partial charge in [0.05, 0.1) is 3.57 Å². The maximum absolute atomic E-state index is 11.0. The predicted octanol–water partition coefficient (Wildman–Crippen LogP) is 6.65. The summed E-state index contributed by atoms with van der Waals surface area (Å²) in [5.41, 5.74) is 5.95. The van der Waals surface area contributed by atoms with Gasteiger partial charge in [0.25, 0.3) is 0 Å². The second-order valence-corrected chi connectivity index (χ2v) is 12.4. The van der Waals surface area contributed by atoms with E-state index in [1.807, 2.05) is 12.1 Å². The number of benzene rings is 2. The summed E-state index contributed by atoms with van der Waals surface area (Å²) >= 11 is 2.22. The number of phenolic OH excluding ortho intramolecular Hbond substituents is 2. The molecule has 0 saturated carbocycles. The lowest BCUT2D eigenvalue weighted by atomic mass is 9.72. The van der Waals surface area contributed by atoms with Crippen molar-refractivity contribution in [3.8, 4) is 11.5 Å². The van der Waals surface area contributed by atoms with Crippen LogP contribution in [-0.2, 0) is 21.7 Å². The average Bonchev–Trinajstić information content (AvgIpc) is 2.86. The zero-order chi connectivity index (χ0) is 20.9. The highest BCUT2D eigenvalue weighted by Gasteiger charge is 2.56. The molecule has 2 aliphatic carbocycles. The van der Waals surface area contributed by atoms with Crippen LogP contribution in [0.15, 0.2) is 24.3 Å². The van der Waals surface area contributed by atoms with E-state index < -0.39 is 0 Å². The smallest absolute Gasteiger partial charge is 0.129 e. The van der Waals surface area contributed by atoms with Crippen molar-refractivity contribution in [2.24, 2.45) is 0 Å². The number of fused-ring (bicyclic) bond motifs is 4. The Kier molecular flexibility index (Phi) is 4.07. The van der Waals surface area contributed by atoms with E-state index in [-0.39, 0.29) is 21.7 Å². The lowest BCUT2D eigenvalue weighted by molar-refractivity contribution is 0.348. The van der Waals surface area contributed by atoms with Gasteiger partial charge in [-0.1, -0.05) is 54.5 Å². The summed E-state index contributed by atoms with van der Waals surface area (Å²) in [6.45, 7) is 15.7. The molecule has 3 heteroatoms. The molecule has 0 aliphatic heterocycles. The van der Waals surface area contributed by atoms with Crippen LogP contribution in [0.5, 0.6) is 11.5 Å². The number of rotatable bonds is 0. The second-order valence-electron chi connectivity index (χ2n) is 11.2. The molecule has 2 N–H and O–H groups in total. The maximum atomic E-state index is 11.0. The van der Waals surface area contributed by atoms with Crippen LogP contribution < -0.4 is 0 Å². The van der Waals surface area contributed by atoms with Gasteiger partial charge in [-0.2, -0.15) is 0 Å². The first-order valence-electron chi connectivity index (χ1n) is 10.1. The number of phenols is 2. The van der Waals surface area contributed by atoms with E-state index in [1.165, 1.54) is 22.3 Å². The Hall–Kier alpha value is -1.23. The van der Waals surface area contributed by atoms with E-state index in [2.05, 4.69) is 83.2 Å². The summed E-state index contributed by atoms with van der Waals surface area (Å²) in [5.74, 6) is 0.752. The highest BCUT2D eigenvalue weighted by Crippen LogP contribution is 2.64. The van der Waals surface area contributed by atoms with Gasteiger partial charge in [0, 0.05) is 5.41 Å². The molecule has 0 radical (unpaired) electrons. The highest BCUT2D eigenvalue weighted by atomic mass is 127. The number of hydrogen-bond donors (Lipinski definition) is 2. The quantitative estimate of drug-likeness (QED) is 0.406. The molecule has 0 amide bonds. The van der Waals surface area contributed by atoms with Crippen LogP contribution in [0, 0.1) is 3.57 Å². The zero-order valence-electron chi connectivity index (χ0n) is 18.0. The summed E-state index contributed by atoms with van der Waals surface area (Å²) in [5, 5.41) is 21.5. The van der Waals surface area contributed by atoms with Gasteiger partial charge in [0.2, 0.25) is 0 Å². The Morgan fingerprint density at radius 2 is 1.21 bits per heavy atom. The molecular formula is C25H31IO2. The molecule has 2 nitrogen and oxygen atoms in total. The monoisotopic (exact) mass is 490 g/mol. The van der Waals surface area contributed by atoms with Crippen molar-refractivity contribution in [1.29, 1.82) is 0 Å². The fraction of sp³-hybridized carbons (Fsp3) is 0.520. The van der Waals surface area contributed by atoms with Crippen LogP contribution in [0.25, 0.3) is 0 Å². The first-order chi connectivity index (χ1) is 12.7. The van der Waals surface area contributed by atoms with Crippen molar-refractivity contribution in [2.45, 2.75) is 83.0 Å². The molecule has 1 atom stereocenters. The van der Waals surface area contributed by atoms with Crippen LogP contribution in [-0.4, -0.2) is 10.2 Å². The third-order valence-corrected chi connectivity index (χ3v) is 7.87. The summed E-state index contributed by atoms with van der Waals surface area (Å²) < 4.78 is 0.907. The number of halogens is 1. The van der Waals surface area contributed by atoms with Crippen LogP contribution in [0.3, 0.4) is 0 Å². The van der Waals surface area contributed by atoms with Gasteiger partial charge >= 0.3 is 0 Å². The third-order valence-electron chi connectivity index (χ3n) is 7.01. The van der Waals surface area contributed by atoms with Crippen molar-refractivity contribution in [1.82, 2.24) is 0 Å². The molecule has 1 spiro atoms. The largest absolute Gasteiger partial charge is 0.508 e. The Labute approximate surface area is 182 Å². The van der Waals surface area contributed by atoms with E-state index in [0.29, 0.717) is 11.5 Å². The van der Waals surface area contributed by atoms with E-state index >= 15 is 0 Å². The fourth-order valence-corrected chi connectivity index (χ4v) is 6.42. The van der Waals surface area contributed by atoms with Crippen molar-refractivity contribution in [2.75, 3.05) is 0 Å². The molecule has 28 heavy (non-hydrogen) atoms. The van der Waals surface area contributed by atoms with Gasteiger partial charge in [0.1, 0.15) is 11.5 Å². The molecule has 0 aromatic heterocycles. The van der Waals surface area contributed by atoms with Crippen LogP contribution in [0.1, 0.15) is 89.1 Å². The average molecular weight is 490 g/mol. The molecule has 0 heterocycles. The summed E-state index contributed by atoms with van der Waals surface area (Å²) in [7, 11) is 0. The van der Waals surface area contributed by atoms with Crippen LogP contribution in [0.4, 0.5) is 0 Å². The topological polar surface area (TPSA) is 40.5 Å². The van der Waals surface area contributed by atoms with Crippen molar-refractivity contribution < 1.29 is 10.2 Å². The Balaban J connectivity index is 2.04. The molecule has 0 fully saturated rings. The molecule has 2 aromatic carbocycles. The molecular weight excluding hydrogens is 459 g/mol. The minimum absolute atomic E-state index is 0.0132. The minimum atomic E-state index is -0.159. The molecule has 2 aliphatic rings. The first kappa shape index (κ1) is 20.1. The van der Waals surface area contributed by atoms with Gasteiger partial charge in [-0.3, -0.25) is 0 Å². The van der Waals surface area contributed by atoms with Gasteiger partial charge in [-0.15, -0.1) is 0 Å². The summed E-state index contributed by atoms with van der Waals surface area (Å²) in [4.78, 5) is 0. The Morgan fingerprint density at radius 1 is 0.750 bits per heavy atom. The van der Waals surface area contributed by atoms with E-state index in [4.69, 9.17) is 0 Å². The minimum Gasteiger partial charge on any atom is -0.508 e. The number of hydrogen-bond acceptors (Lipinski definition) is 2. The van der Waals surface area contributed by atoms with Crippen LogP contribution in [0.2, 0.25) is 0 Å². The van der Waals surface area contributed by atoms with Crippen molar-refractivity contribution >= 4 is 22.6 Å². The zero-order valence-corrected chi connectivity index (χ0v) is 20.2. The normalized spacial score (nSPS) is 24.4.